The summed E-state index contributed by atoms with van der Waals surface area (Å²) in [5.41, 5.74) is 2.04. The van der Waals surface area contributed by atoms with E-state index in [1.54, 1.807) is 11.3 Å². The fourth-order valence-electron chi connectivity index (χ4n) is 3.06. The molecule has 0 saturated heterocycles. The Kier molecular flexibility index (Phi) is 3.30. The fraction of sp³-hybridized carbons (Fsp3) is 0.389. The summed E-state index contributed by atoms with van der Waals surface area (Å²) in [6.45, 7) is 0. The van der Waals surface area contributed by atoms with Crippen molar-refractivity contribution in [3.63, 3.8) is 0 Å². The van der Waals surface area contributed by atoms with Crippen LogP contribution < -0.4 is 4.74 Å². The number of benzene rings is 1. The molecule has 1 saturated carbocycles. The molecule has 2 aromatic rings. The summed E-state index contributed by atoms with van der Waals surface area (Å²) in [6, 6.07) is 9.85. The monoisotopic (exact) mass is 298 g/mol. The molecule has 4 rings (SSSR count). The van der Waals surface area contributed by atoms with Crippen LogP contribution in [0, 0.1) is 0 Å². The predicted octanol–water partition coefficient (Wildman–Crippen LogP) is 4.59. The van der Waals surface area contributed by atoms with Gasteiger partial charge in [0.2, 0.25) is 0 Å². The molecule has 1 unspecified atom stereocenters. The van der Waals surface area contributed by atoms with E-state index in [2.05, 4.69) is 11.4 Å². The Morgan fingerprint density at radius 2 is 2.10 bits per heavy atom. The van der Waals surface area contributed by atoms with Gasteiger partial charge >= 0.3 is 0 Å². The number of Topliss-reactive ketones (excluding diaryl/α,β-unsaturated/α-hetero) is 1. The summed E-state index contributed by atoms with van der Waals surface area (Å²) < 4.78 is 5.81. The highest BCUT2D eigenvalue weighted by Crippen LogP contribution is 2.37. The minimum absolute atomic E-state index is 0.0381. The minimum Gasteiger partial charge on any atom is -0.490 e. The summed E-state index contributed by atoms with van der Waals surface area (Å²) in [5, 5.41) is 2.11. The van der Waals surface area contributed by atoms with E-state index in [0.717, 1.165) is 43.4 Å². The van der Waals surface area contributed by atoms with Gasteiger partial charge in [0, 0.05) is 16.4 Å². The molecular formula is C18H18O2S. The highest BCUT2D eigenvalue weighted by molar-refractivity contribution is 7.10. The van der Waals surface area contributed by atoms with Gasteiger partial charge in [0.25, 0.3) is 0 Å². The Morgan fingerprint density at radius 3 is 2.95 bits per heavy atom. The lowest BCUT2D eigenvalue weighted by atomic mass is 9.82. The van der Waals surface area contributed by atoms with Gasteiger partial charge in [-0.15, -0.1) is 11.3 Å². The Labute approximate surface area is 128 Å². The van der Waals surface area contributed by atoms with Gasteiger partial charge < -0.3 is 4.74 Å². The summed E-state index contributed by atoms with van der Waals surface area (Å²) in [7, 11) is 0. The first-order valence-corrected chi connectivity index (χ1v) is 8.56. The molecule has 0 amide bonds. The van der Waals surface area contributed by atoms with E-state index in [1.165, 1.54) is 10.4 Å². The van der Waals surface area contributed by atoms with E-state index < -0.39 is 0 Å². The molecule has 21 heavy (non-hydrogen) atoms. The average molecular weight is 298 g/mol. The van der Waals surface area contributed by atoms with Gasteiger partial charge in [-0.3, -0.25) is 4.79 Å². The average Bonchev–Trinajstić information content (AvgIpc) is 3.19. The Bertz CT molecular complexity index is 669. The first-order chi connectivity index (χ1) is 10.3. The third kappa shape index (κ3) is 2.62. The number of hydrogen-bond acceptors (Lipinski definition) is 3. The molecule has 0 bridgehead atoms. The number of thiophene rings is 1. The topological polar surface area (TPSA) is 26.3 Å². The number of carbonyl (C=O) groups is 1. The molecule has 108 valence electrons. The van der Waals surface area contributed by atoms with Crippen molar-refractivity contribution in [3.05, 3.63) is 51.7 Å². The first kappa shape index (κ1) is 13.1. The van der Waals surface area contributed by atoms with Gasteiger partial charge in [-0.2, -0.15) is 0 Å². The zero-order chi connectivity index (χ0) is 14.2. The van der Waals surface area contributed by atoms with Crippen molar-refractivity contribution in [2.45, 2.75) is 44.1 Å². The van der Waals surface area contributed by atoms with Crippen LogP contribution in [0.15, 0.2) is 35.7 Å². The van der Waals surface area contributed by atoms with Crippen molar-refractivity contribution in [1.29, 1.82) is 0 Å². The highest BCUT2D eigenvalue weighted by Gasteiger charge is 2.29. The maximum atomic E-state index is 12.9. The van der Waals surface area contributed by atoms with Gasteiger partial charge in [-0.1, -0.05) is 12.1 Å². The smallest absolute Gasteiger partial charge is 0.170 e. The van der Waals surface area contributed by atoms with E-state index in [-0.39, 0.29) is 11.7 Å². The van der Waals surface area contributed by atoms with E-state index in [4.69, 9.17) is 4.74 Å². The van der Waals surface area contributed by atoms with Gasteiger partial charge in [0.15, 0.2) is 5.78 Å². The number of ketones is 1. The SMILES string of the molecule is O=C(c1cccc(OC2CC2)c1)C1CCCc2sccc21. The lowest BCUT2D eigenvalue weighted by Gasteiger charge is -2.21. The van der Waals surface area contributed by atoms with Gasteiger partial charge in [-0.05, 0) is 61.2 Å². The number of rotatable bonds is 4. The zero-order valence-electron chi connectivity index (χ0n) is 11.9. The normalized spacial score (nSPS) is 20.9. The Balaban J connectivity index is 1.60. The van der Waals surface area contributed by atoms with E-state index in [1.807, 2.05) is 24.3 Å². The molecular weight excluding hydrogens is 280 g/mol. The van der Waals surface area contributed by atoms with Crippen LogP contribution in [-0.2, 0) is 6.42 Å². The summed E-state index contributed by atoms with van der Waals surface area (Å²) in [4.78, 5) is 14.3. The highest BCUT2D eigenvalue weighted by atomic mass is 32.1. The second kappa shape index (κ2) is 5.30. The molecule has 3 heteroatoms. The number of aryl methyl sites for hydroxylation is 1. The van der Waals surface area contributed by atoms with Gasteiger partial charge in [0.05, 0.1) is 6.10 Å². The summed E-state index contributed by atoms with van der Waals surface area (Å²) in [5.74, 6) is 1.12. The van der Waals surface area contributed by atoms with Crippen LogP contribution in [0.2, 0.25) is 0 Å². The summed E-state index contributed by atoms with van der Waals surface area (Å²) in [6.07, 6.45) is 5.85. The number of carbonyl (C=O) groups excluding carboxylic acids is 1. The second-order valence-corrected chi connectivity index (χ2v) is 6.95. The molecule has 0 radical (unpaired) electrons. The van der Waals surface area contributed by atoms with Crippen molar-refractivity contribution in [1.82, 2.24) is 0 Å². The lowest BCUT2D eigenvalue weighted by Crippen LogP contribution is -2.17. The Morgan fingerprint density at radius 1 is 1.19 bits per heavy atom. The van der Waals surface area contributed by atoms with Crippen LogP contribution in [-0.4, -0.2) is 11.9 Å². The van der Waals surface area contributed by atoms with Crippen LogP contribution in [0.1, 0.15) is 52.4 Å². The lowest BCUT2D eigenvalue weighted by molar-refractivity contribution is 0.0951. The predicted molar refractivity (Wildman–Crippen MR) is 84.4 cm³/mol. The first-order valence-electron chi connectivity index (χ1n) is 7.68. The van der Waals surface area contributed by atoms with Crippen molar-refractivity contribution in [2.75, 3.05) is 0 Å². The number of ether oxygens (including phenoxy) is 1. The molecule has 2 nitrogen and oxygen atoms in total. The van der Waals surface area contributed by atoms with Crippen molar-refractivity contribution >= 4 is 17.1 Å². The molecule has 1 aromatic heterocycles. The van der Waals surface area contributed by atoms with Crippen LogP contribution >= 0.6 is 11.3 Å². The minimum atomic E-state index is 0.0381. The molecule has 2 aliphatic carbocycles. The molecule has 1 aromatic carbocycles. The van der Waals surface area contributed by atoms with Crippen LogP contribution in [0.4, 0.5) is 0 Å². The maximum Gasteiger partial charge on any atom is 0.170 e. The molecule has 1 heterocycles. The van der Waals surface area contributed by atoms with Gasteiger partial charge in [-0.25, -0.2) is 0 Å². The molecule has 0 spiro atoms. The Hall–Kier alpha value is -1.61. The number of hydrogen-bond donors (Lipinski definition) is 0. The zero-order valence-corrected chi connectivity index (χ0v) is 12.7. The standard InChI is InChI=1S/C18H18O2S/c19-18(16-5-2-6-17-15(16)9-10-21-17)12-3-1-4-14(11-12)20-13-7-8-13/h1,3-4,9-11,13,16H,2,5-8H2. The molecule has 0 N–H and O–H groups in total. The van der Waals surface area contributed by atoms with Crippen molar-refractivity contribution in [2.24, 2.45) is 0 Å². The van der Waals surface area contributed by atoms with Crippen LogP contribution in [0.25, 0.3) is 0 Å². The molecule has 0 aliphatic heterocycles. The van der Waals surface area contributed by atoms with E-state index in [0.29, 0.717) is 6.10 Å². The third-order valence-corrected chi connectivity index (χ3v) is 5.31. The van der Waals surface area contributed by atoms with Crippen LogP contribution in [0.3, 0.4) is 0 Å². The molecule has 1 atom stereocenters. The van der Waals surface area contributed by atoms with Crippen molar-refractivity contribution in [3.8, 4) is 5.75 Å². The fourth-order valence-corrected chi connectivity index (χ4v) is 4.05. The molecule has 1 fully saturated rings. The summed E-state index contributed by atoms with van der Waals surface area (Å²) >= 11 is 1.78. The quantitative estimate of drug-likeness (QED) is 0.772. The number of fused-ring (bicyclic) bond motifs is 1. The van der Waals surface area contributed by atoms with E-state index >= 15 is 0 Å². The van der Waals surface area contributed by atoms with Gasteiger partial charge in [0.1, 0.15) is 5.75 Å². The van der Waals surface area contributed by atoms with Crippen LogP contribution in [0.5, 0.6) is 5.75 Å². The largest absolute Gasteiger partial charge is 0.490 e. The second-order valence-electron chi connectivity index (χ2n) is 5.95. The third-order valence-electron chi connectivity index (χ3n) is 4.31. The van der Waals surface area contributed by atoms with E-state index in [9.17, 15) is 4.79 Å². The molecule has 2 aliphatic rings. The maximum absolute atomic E-state index is 12.9. The van der Waals surface area contributed by atoms with Crippen molar-refractivity contribution < 1.29 is 9.53 Å².